The topological polar surface area (TPSA) is 45.8 Å². The molecule has 0 saturated heterocycles. The first-order valence-electron chi connectivity index (χ1n) is 7.38. The summed E-state index contributed by atoms with van der Waals surface area (Å²) in [7, 11) is 0. The number of aromatic amines is 1. The van der Waals surface area contributed by atoms with Crippen LogP contribution in [-0.4, -0.2) is 16.3 Å². The van der Waals surface area contributed by atoms with Crippen LogP contribution in [0, 0.1) is 0 Å². The van der Waals surface area contributed by atoms with E-state index in [0.717, 1.165) is 53.6 Å². The minimum absolute atomic E-state index is 0.0262. The van der Waals surface area contributed by atoms with Gasteiger partial charge in [0.2, 0.25) is 0 Å². The maximum Gasteiger partial charge on any atom is 0.127 e. The van der Waals surface area contributed by atoms with Crippen LogP contribution in [0.2, 0.25) is 0 Å². The second kappa shape index (κ2) is 4.85. The van der Waals surface area contributed by atoms with Crippen molar-refractivity contribution in [3.05, 3.63) is 53.9 Å². The molecule has 0 amide bonds. The third-order valence-corrected chi connectivity index (χ3v) is 4.37. The van der Waals surface area contributed by atoms with Gasteiger partial charge in [0.1, 0.15) is 6.29 Å². The maximum atomic E-state index is 11.2. The summed E-state index contributed by atoms with van der Waals surface area (Å²) in [4.78, 5) is 19.3. The molecule has 3 aromatic rings. The molecule has 104 valence electrons. The lowest BCUT2D eigenvalue weighted by molar-refractivity contribution is -0.109. The van der Waals surface area contributed by atoms with Gasteiger partial charge in [-0.1, -0.05) is 24.3 Å². The summed E-state index contributed by atoms with van der Waals surface area (Å²) in [6.07, 6.45) is 6.03. The molecule has 1 N–H and O–H groups in total. The first kappa shape index (κ1) is 12.3. The molecular weight excluding hydrogens is 260 g/mol. The molecule has 0 aliphatic heterocycles. The Morgan fingerprint density at radius 3 is 3.00 bits per heavy atom. The predicted molar refractivity (Wildman–Crippen MR) is 83.3 cm³/mol. The molecule has 0 spiro atoms. The van der Waals surface area contributed by atoms with E-state index in [1.807, 2.05) is 24.4 Å². The van der Waals surface area contributed by atoms with E-state index >= 15 is 0 Å². The molecule has 1 aliphatic carbocycles. The molecule has 0 saturated carbocycles. The molecule has 1 atom stereocenters. The zero-order valence-corrected chi connectivity index (χ0v) is 11.7. The summed E-state index contributed by atoms with van der Waals surface area (Å²) >= 11 is 0. The number of rotatable bonds is 2. The Labute approximate surface area is 123 Å². The van der Waals surface area contributed by atoms with Gasteiger partial charge in [-0.3, -0.25) is 4.98 Å². The Hall–Kier alpha value is -2.42. The van der Waals surface area contributed by atoms with Crippen molar-refractivity contribution in [2.75, 3.05) is 0 Å². The number of fused-ring (bicyclic) bond motifs is 2. The van der Waals surface area contributed by atoms with Crippen LogP contribution in [0.25, 0.3) is 22.2 Å². The second-order valence-corrected chi connectivity index (χ2v) is 5.62. The van der Waals surface area contributed by atoms with Gasteiger partial charge in [-0.25, -0.2) is 0 Å². The Morgan fingerprint density at radius 2 is 2.10 bits per heavy atom. The zero-order valence-electron chi connectivity index (χ0n) is 11.7. The van der Waals surface area contributed by atoms with Crippen LogP contribution in [0.3, 0.4) is 0 Å². The van der Waals surface area contributed by atoms with Crippen molar-refractivity contribution in [1.29, 1.82) is 0 Å². The Balaban J connectivity index is 1.85. The van der Waals surface area contributed by atoms with E-state index in [-0.39, 0.29) is 5.92 Å². The molecule has 2 aromatic heterocycles. The molecule has 1 unspecified atom stereocenters. The van der Waals surface area contributed by atoms with Crippen LogP contribution < -0.4 is 0 Å². The molecule has 21 heavy (non-hydrogen) atoms. The van der Waals surface area contributed by atoms with Crippen LogP contribution in [0.1, 0.15) is 30.0 Å². The second-order valence-electron chi connectivity index (χ2n) is 5.62. The average molecular weight is 276 g/mol. The summed E-state index contributed by atoms with van der Waals surface area (Å²) in [6.45, 7) is 0. The smallest absolute Gasteiger partial charge is 0.127 e. The van der Waals surface area contributed by atoms with Crippen LogP contribution in [0.15, 0.2) is 42.6 Å². The van der Waals surface area contributed by atoms with Crippen molar-refractivity contribution >= 4 is 17.2 Å². The molecule has 3 nitrogen and oxygen atoms in total. The highest BCUT2D eigenvalue weighted by atomic mass is 16.1. The SMILES string of the molecule is O=CC1CCCc2nc(-c3c[nH]c4ccccc34)ccc21. The lowest BCUT2D eigenvalue weighted by atomic mass is 9.86. The lowest BCUT2D eigenvalue weighted by Gasteiger charge is -2.20. The number of carbonyl (C=O) groups is 1. The van der Waals surface area contributed by atoms with Gasteiger partial charge in [0.05, 0.1) is 5.69 Å². The number of para-hydroxylation sites is 1. The van der Waals surface area contributed by atoms with E-state index in [4.69, 9.17) is 4.98 Å². The highest BCUT2D eigenvalue weighted by Crippen LogP contribution is 2.33. The molecule has 0 fully saturated rings. The summed E-state index contributed by atoms with van der Waals surface area (Å²) in [5.74, 6) is 0.0262. The van der Waals surface area contributed by atoms with E-state index in [9.17, 15) is 4.79 Å². The number of aromatic nitrogens is 2. The van der Waals surface area contributed by atoms with Gasteiger partial charge < -0.3 is 9.78 Å². The highest BCUT2D eigenvalue weighted by molar-refractivity contribution is 5.94. The van der Waals surface area contributed by atoms with Gasteiger partial charge in [-0.15, -0.1) is 0 Å². The number of aldehydes is 1. The fourth-order valence-electron chi connectivity index (χ4n) is 3.27. The summed E-state index contributed by atoms with van der Waals surface area (Å²) in [5, 5.41) is 1.19. The first-order chi connectivity index (χ1) is 10.4. The van der Waals surface area contributed by atoms with Crippen molar-refractivity contribution < 1.29 is 4.79 Å². The van der Waals surface area contributed by atoms with Gasteiger partial charge in [0.25, 0.3) is 0 Å². The molecule has 0 radical (unpaired) electrons. The molecule has 0 bridgehead atoms. The Kier molecular flexibility index (Phi) is 2.85. The van der Waals surface area contributed by atoms with Crippen LogP contribution in [0.4, 0.5) is 0 Å². The van der Waals surface area contributed by atoms with Crippen LogP contribution >= 0.6 is 0 Å². The van der Waals surface area contributed by atoms with Gasteiger partial charge in [0.15, 0.2) is 0 Å². The Morgan fingerprint density at radius 1 is 1.19 bits per heavy atom. The third kappa shape index (κ3) is 1.97. The summed E-state index contributed by atoms with van der Waals surface area (Å²) in [5.41, 5.74) is 5.43. The average Bonchev–Trinajstić information content (AvgIpc) is 2.97. The number of hydrogen-bond acceptors (Lipinski definition) is 2. The van der Waals surface area contributed by atoms with Crippen LogP contribution in [0.5, 0.6) is 0 Å². The number of pyridine rings is 1. The molecule has 3 heteroatoms. The summed E-state index contributed by atoms with van der Waals surface area (Å²) in [6, 6.07) is 12.4. The number of benzene rings is 1. The zero-order chi connectivity index (χ0) is 14.2. The van der Waals surface area contributed by atoms with E-state index in [0.29, 0.717) is 0 Å². The van der Waals surface area contributed by atoms with Crippen molar-refractivity contribution in [2.24, 2.45) is 0 Å². The number of nitrogens with one attached hydrogen (secondary N) is 1. The van der Waals surface area contributed by atoms with Crippen molar-refractivity contribution in [3.8, 4) is 11.3 Å². The van der Waals surface area contributed by atoms with Gasteiger partial charge >= 0.3 is 0 Å². The van der Waals surface area contributed by atoms with Crippen molar-refractivity contribution in [1.82, 2.24) is 9.97 Å². The largest absolute Gasteiger partial charge is 0.360 e. The molecule has 1 aliphatic rings. The number of aryl methyl sites for hydroxylation is 1. The van der Waals surface area contributed by atoms with Gasteiger partial charge in [0, 0.05) is 34.3 Å². The molecule has 1 aromatic carbocycles. The fraction of sp³-hybridized carbons (Fsp3) is 0.222. The monoisotopic (exact) mass is 276 g/mol. The van der Waals surface area contributed by atoms with Crippen molar-refractivity contribution in [2.45, 2.75) is 25.2 Å². The predicted octanol–water partition coefficient (Wildman–Crippen LogP) is 3.85. The standard InChI is InChI=1S/C18H16N2O/c21-11-12-4-3-7-17-13(12)8-9-18(20-17)15-10-19-16-6-2-1-5-14(15)16/h1-2,5-6,8-12,19H,3-4,7H2. The lowest BCUT2D eigenvalue weighted by Crippen LogP contribution is -2.12. The number of carbonyl (C=O) groups excluding carboxylic acids is 1. The van der Waals surface area contributed by atoms with E-state index in [2.05, 4.69) is 23.2 Å². The maximum absolute atomic E-state index is 11.2. The van der Waals surface area contributed by atoms with Gasteiger partial charge in [-0.2, -0.15) is 0 Å². The fourth-order valence-corrected chi connectivity index (χ4v) is 3.27. The molecule has 2 heterocycles. The molecule has 4 rings (SSSR count). The van der Waals surface area contributed by atoms with E-state index in [1.54, 1.807) is 0 Å². The first-order valence-corrected chi connectivity index (χ1v) is 7.38. The van der Waals surface area contributed by atoms with Crippen molar-refractivity contribution in [3.63, 3.8) is 0 Å². The third-order valence-electron chi connectivity index (χ3n) is 4.37. The molecular formula is C18H16N2O. The van der Waals surface area contributed by atoms with Crippen LogP contribution in [-0.2, 0) is 11.2 Å². The Bertz CT molecular complexity index is 819. The number of nitrogens with zero attached hydrogens (tertiary/aromatic N) is 1. The minimum atomic E-state index is 0.0262. The summed E-state index contributed by atoms with van der Waals surface area (Å²) < 4.78 is 0. The van der Waals surface area contributed by atoms with E-state index in [1.165, 1.54) is 5.39 Å². The number of hydrogen-bond donors (Lipinski definition) is 1. The van der Waals surface area contributed by atoms with Gasteiger partial charge in [-0.05, 0) is 37.0 Å². The number of H-pyrrole nitrogens is 1. The minimum Gasteiger partial charge on any atom is -0.360 e. The van der Waals surface area contributed by atoms with E-state index < -0.39 is 0 Å². The quantitative estimate of drug-likeness (QED) is 0.723. The normalized spacial score (nSPS) is 17.6. The highest BCUT2D eigenvalue weighted by Gasteiger charge is 2.21.